The monoisotopic (exact) mass is 286 g/mol. The SMILES string of the molecule is NCCC(C(N)=O)C1CCC(CN=C(N)N[N+](=O)[O-])C1. The van der Waals surface area contributed by atoms with Crippen LogP contribution in [0.1, 0.15) is 25.7 Å². The fraction of sp³-hybridized carbons (Fsp3) is 0.818. The van der Waals surface area contributed by atoms with Crippen LogP contribution in [-0.2, 0) is 4.79 Å². The van der Waals surface area contributed by atoms with Gasteiger partial charge in [-0.15, -0.1) is 0 Å². The molecule has 1 saturated carbocycles. The van der Waals surface area contributed by atoms with Gasteiger partial charge in [-0.25, -0.2) is 15.1 Å². The lowest BCUT2D eigenvalue weighted by Crippen LogP contribution is -2.36. The van der Waals surface area contributed by atoms with Crippen molar-refractivity contribution in [2.45, 2.75) is 25.7 Å². The predicted octanol–water partition coefficient (Wildman–Crippen LogP) is -1.05. The van der Waals surface area contributed by atoms with Crippen LogP contribution in [-0.4, -0.2) is 30.0 Å². The Balaban J connectivity index is 2.46. The Morgan fingerprint density at radius 2 is 2.15 bits per heavy atom. The molecule has 1 fully saturated rings. The number of rotatable bonds is 7. The van der Waals surface area contributed by atoms with E-state index in [1.165, 1.54) is 0 Å². The summed E-state index contributed by atoms with van der Waals surface area (Å²) in [7, 11) is 0. The summed E-state index contributed by atoms with van der Waals surface area (Å²) in [5.41, 5.74) is 18.0. The van der Waals surface area contributed by atoms with Gasteiger partial charge in [0.15, 0.2) is 5.03 Å². The molecule has 0 aromatic rings. The molecule has 1 amide bonds. The molecule has 7 N–H and O–H groups in total. The highest BCUT2D eigenvalue weighted by molar-refractivity contribution is 5.77. The first kappa shape index (κ1) is 16.2. The van der Waals surface area contributed by atoms with Gasteiger partial charge in [-0.1, -0.05) is 5.43 Å². The van der Waals surface area contributed by atoms with Gasteiger partial charge in [0.1, 0.15) is 0 Å². The summed E-state index contributed by atoms with van der Waals surface area (Å²) in [6.45, 7) is 0.851. The number of guanidine groups is 1. The van der Waals surface area contributed by atoms with Gasteiger partial charge in [0, 0.05) is 12.5 Å². The van der Waals surface area contributed by atoms with Gasteiger partial charge in [0.05, 0.1) is 0 Å². The number of hydrogen-bond donors (Lipinski definition) is 4. The first-order valence-corrected chi connectivity index (χ1v) is 6.64. The molecule has 0 radical (unpaired) electrons. The van der Waals surface area contributed by atoms with E-state index in [4.69, 9.17) is 17.2 Å². The molecule has 9 nitrogen and oxygen atoms in total. The van der Waals surface area contributed by atoms with E-state index >= 15 is 0 Å². The molecule has 1 aliphatic carbocycles. The second kappa shape index (κ2) is 7.63. The van der Waals surface area contributed by atoms with E-state index in [0.717, 1.165) is 19.3 Å². The number of nitrogens with two attached hydrogens (primary N) is 3. The first-order chi connectivity index (χ1) is 9.43. The van der Waals surface area contributed by atoms with Crippen LogP contribution >= 0.6 is 0 Å². The average Bonchev–Trinajstić information content (AvgIpc) is 2.80. The van der Waals surface area contributed by atoms with Crippen molar-refractivity contribution in [2.75, 3.05) is 13.1 Å². The Bertz CT molecular complexity index is 386. The number of hydrogen-bond acceptors (Lipinski definition) is 5. The Labute approximate surface area is 117 Å². The maximum atomic E-state index is 11.4. The molecule has 114 valence electrons. The number of hydrazine groups is 1. The normalized spacial score (nSPS) is 24.4. The lowest BCUT2D eigenvalue weighted by molar-refractivity contribution is -0.525. The molecular formula is C11H22N6O3. The van der Waals surface area contributed by atoms with Crippen molar-refractivity contribution in [3.8, 4) is 0 Å². The average molecular weight is 286 g/mol. The molecule has 0 spiro atoms. The fourth-order valence-electron chi connectivity index (χ4n) is 2.79. The van der Waals surface area contributed by atoms with Gasteiger partial charge < -0.3 is 17.2 Å². The maximum Gasteiger partial charge on any atom is 0.251 e. The maximum absolute atomic E-state index is 11.4. The second-order valence-electron chi connectivity index (χ2n) is 5.12. The van der Waals surface area contributed by atoms with E-state index in [1.54, 1.807) is 5.43 Å². The van der Waals surface area contributed by atoms with Crippen LogP contribution in [0.4, 0.5) is 0 Å². The van der Waals surface area contributed by atoms with E-state index < -0.39 is 5.03 Å². The smallest absolute Gasteiger partial charge is 0.251 e. The zero-order chi connectivity index (χ0) is 15.1. The summed E-state index contributed by atoms with van der Waals surface area (Å²) >= 11 is 0. The van der Waals surface area contributed by atoms with Gasteiger partial charge >= 0.3 is 0 Å². The van der Waals surface area contributed by atoms with Crippen molar-refractivity contribution in [3.63, 3.8) is 0 Å². The third kappa shape index (κ3) is 5.00. The molecule has 9 heteroatoms. The molecule has 1 aliphatic rings. The highest BCUT2D eigenvalue weighted by atomic mass is 16.7. The van der Waals surface area contributed by atoms with Crippen molar-refractivity contribution in [3.05, 3.63) is 10.1 Å². The number of carbonyl (C=O) groups excluding carboxylic acids is 1. The second-order valence-corrected chi connectivity index (χ2v) is 5.12. The van der Waals surface area contributed by atoms with Crippen molar-refractivity contribution in [1.29, 1.82) is 0 Å². The number of primary amides is 1. The molecule has 0 saturated heterocycles. The highest BCUT2D eigenvalue weighted by Crippen LogP contribution is 2.37. The van der Waals surface area contributed by atoms with Gasteiger partial charge in [-0.3, -0.25) is 4.79 Å². The molecule has 1 rings (SSSR count). The lowest BCUT2D eigenvalue weighted by atomic mass is 9.87. The van der Waals surface area contributed by atoms with Gasteiger partial charge in [-0.05, 0) is 44.1 Å². The van der Waals surface area contributed by atoms with Gasteiger partial charge in [0.25, 0.3) is 5.96 Å². The summed E-state index contributed by atoms with van der Waals surface area (Å²) in [5.74, 6) is -0.207. The zero-order valence-corrected chi connectivity index (χ0v) is 11.3. The predicted molar refractivity (Wildman–Crippen MR) is 73.8 cm³/mol. The molecule has 0 aliphatic heterocycles. The minimum Gasteiger partial charge on any atom is -0.369 e. The van der Waals surface area contributed by atoms with Crippen molar-refractivity contribution in [2.24, 2.45) is 39.9 Å². The lowest BCUT2D eigenvalue weighted by Gasteiger charge is -2.19. The van der Waals surface area contributed by atoms with Crippen molar-refractivity contribution < 1.29 is 9.83 Å². The van der Waals surface area contributed by atoms with Crippen LogP contribution < -0.4 is 22.6 Å². The summed E-state index contributed by atoms with van der Waals surface area (Å²) in [5, 5.41) is 9.42. The zero-order valence-electron chi connectivity index (χ0n) is 11.3. The molecule has 3 unspecified atom stereocenters. The quantitative estimate of drug-likeness (QED) is 0.202. The molecule has 0 heterocycles. The Kier molecular flexibility index (Phi) is 6.16. The standard InChI is InChI=1S/C11H22N6O3/c12-4-3-9(10(13)18)8-2-1-7(5-8)6-15-11(14)16-17(19)20/h7-9H,1-6,12H2,(H2,13,18)(H3,14,15,16). The van der Waals surface area contributed by atoms with E-state index in [-0.39, 0.29) is 29.6 Å². The Morgan fingerprint density at radius 1 is 1.45 bits per heavy atom. The van der Waals surface area contributed by atoms with Crippen LogP contribution in [0.3, 0.4) is 0 Å². The van der Waals surface area contributed by atoms with Crippen LogP contribution in [0.2, 0.25) is 0 Å². The van der Waals surface area contributed by atoms with Crippen LogP contribution in [0.5, 0.6) is 0 Å². The van der Waals surface area contributed by atoms with Crippen molar-refractivity contribution >= 4 is 11.9 Å². The Hall–Kier alpha value is -1.90. The van der Waals surface area contributed by atoms with Crippen LogP contribution in [0.15, 0.2) is 4.99 Å². The fourth-order valence-corrected chi connectivity index (χ4v) is 2.79. The van der Waals surface area contributed by atoms with Crippen LogP contribution in [0, 0.1) is 27.9 Å². The third-order valence-corrected chi connectivity index (χ3v) is 3.72. The van der Waals surface area contributed by atoms with Crippen molar-refractivity contribution in [1.82, 2.24) is 5.43 Å². The molecule has 0 aromatic heterocycles. The number of nitrogens with zero attached hydrogens (tertiary/aromatic N) is 2. The molecule has 3 atom stereocenters. The van der Waals surface area contributed by atoms with E-state index in [2.05, 4.69) is 4.99 Å². The summed E-state index contributed by atoms with van der Waals surface area (Å²) in [6.07, 6.45) is 3.23. The minimum atomic E-state index is -0.749. The van der Waals surface area contributed by atoms with Gasteiger partial charge in [0.2, 0.25) is 5.91 Å². The topological polar surface area (TPSA) is 163 Å². The highest BCUT2D eigenvalue weighted by Gasteiger charge is 2.33. The number of aliphatic imine (C=N–C) groups is 1. The minimum absolute atomic E-state index is 0.191. The molecule has 20 heavy (non-hydrogen) atoms. The van der Waals surface area contributed by atoms with Crippen LogP contribution in [0.25, 0.3) is 0 Å². The number of amides is 1. The summed E-state index contributed by atoms with van der Waals surface area (Å²) in [4.78, 5) is 25.5. The Morgan fingerprint density at radius 3 is 2.70 bits per heavy atom. The van der Waals surface area contributed by atoms with E-state index in [9.17, 15) is 14.9 Å². The number of nitrogens with one attached hydrogen (secondary N) is 1. The number of carbonyl (C=O) groups is 1. The molecule has 0 aromatic carbocycles. The molecule has 0 bridgehead atoms. The largest absolute Gasteiger partial charge is 0.369 e. The molecular weight excluding hydrogens is 264 g/mol. The third-order valence-electron chi connectivity index (χ3n) is 3.72. The summed E-state index contributed by atoms with van der Waals surface area (Å²) < 4.78 is 0. The van der Waals surface area contributed by atoms with E-state index in [1.807, 2.05) is 0 Å². The first-order valence-electron chi connectivity index (χ1n) is 6.64. The number of nitro groups is 1. The van der Waals surface area contributed by atoms with Gasteiger partial charge in [-0.2, -0.15) is 0 Å². The summed E-state index contributed by atoms with van der Waals surface area (Å²) in [6, 6.07) is 0. The van der Waals surface area contributed by atoms with E-state index in [0.29, 0.717) is 19.5 Å².